The molecule has 0 radical (unpaired) electrons. The second-order valence-electron chi connectivity index (χ2n) is 7.31. The normalized spacial score (nSPS) is 15.5. The average Bonchev–Trinajstić information content (AvgIpc) is 3.13. The summed E-state index contributed by atoms with van der Waals surface area (Å²) >= 11 is 1.15. The third-order valence-corrected chi connectivity index (χ3v) is 5.88. The monoisotopic (exact) mass is 497 g/mol. The van der Waals surface area contributed by atoms with Gasteiger partial charge in [-0.05, 0) is 61.7 Å². The molecule has 184 valence electrons. The van der Waals surface area contributed by atoms with Gasteiger partial charge in [0.2, 0.25) is 0 Å². The highest BCUT2D eigenvalue weighted by atomic mass is 32.2. The standard InChI is InChI=1S/C26H27NO7S/c1-4-16-7-10-18(11-8-16)27-25-23(26(31)33-6-3)24(30)21(35-25)14-17-9-12-19(34-15-22(28)29)20(13-17)32-5-2/h7-14,30H,4-6,15H2,1-3H3,(H,28,29)/b21-14-,27-25?. The van der Waals surface area contributed by atoms with Gasteiger partial charge in [0.05, 0.1) is 23.8 Å². The lowest BCUT2D eigenvalue weighted by atomic mass is 10.1. The highest BCUT2D eigenvalue weighted by Crippen LogP contribution is 2.41. The molecule has 2 aromatic rings. The number of hydrogen-bond acceptors (Lipinski definition) is 8. The van der Waals surface area contributed by atoms with Crippen LogP contribution in [0.2, 0.25) is 0 Å². The van der Waals surface area contributed by atoms with Crippen LogP contribution < -0.4 is 9.47 Å². The fraction of sp³-hybridized carbons (Fsp3) is 0.269. The summed E-state index contributed by atoms with van der Waals surface area (Å²) in [5.41, 5.74) is 2.48. The summed E-state index contributed by atoms with van der Waals surface area (Å²) in [4.78, 5) is 28.5. The van der Waals surface area contributed by atoms with E-state index in [2.05, 4.69) is 11.9 Å². The fourth-order valence-electron chi connectivity index (χ4n) is 3.21. The average molecular weight is 498 g/mol. The molecule has 1 aliphatic rings. The van der Waals surface area contributed by atoms with E-state index in [1.807, 2.05) is 24.3 Å². The lowest BCUT2D eigenvalue weighted by molar-refractivity contribution is -0.139. The summed E-state index contributed by atoms with van der Waals surface area (Å²) in [5.74, 6) is -1.32. The van der Waals surface area contributed by atoms with E-state index in [9.17, 15) is 14.7 Å². The molecule has 2 N–H and O–H groups in total. The van der Waals surface area contributed by atoms with Gasteiger partial charge in [-0.15, -0.1) is 0 Å². The predicted octanol–water partition coefficient (Wildman–Crippen LogP) is 5.30. The smallest absolute Gasteiger partial charge is 0.344 e. The van der Waals surface area contributed by atoms with Gasteiger partial charge in [0.25, 0.3) is 0 Å². The number of aryl methyl sites for hydroxylation is 1. The topological polar surface area (TPSA) is 115 Å². The van der Waals surface area contributed by atoms with Crippen LogP contribution in [-0.2, 0) is 20.7 Å². The number of hydrogen-bond donors (Lipinski definition) is 2. The molecule has 2 aromatic carbocycles. The Hall–Kier alpha value is -3.72. The maximum Gasteiger partial charge on any atom is 0.344 e. The number of rotatable bonds is 10. The van der Waals surface area contributed by atoms with Crippen molar-refractivity contribution in [3.05, 3.63) is 69.8 Å². The van der Waals surface area contributed by atoms with Crippen LogP contribution in [0.15, 0.2) is 63.7 Å². The Balaban J connectivity index is 1.98. The van der Waals surface area contributed by atoms with Gasteiger partial charge in [0, 0.05) is 0 Å². The molecule has 0 aliphatic carbocycles. The van der Waals surface area contributed by atoms with Crippen LogP contribution in [0.4, 0.5) is 5.69 Å². The molecule has 35 heavy (non-hydrogen) atoms. The minimum Gasteiger partial charge on any atom is -0.506 e. The van der Waals surface area contributed by atoms with Crippen LogP contribution in [0.1, 0.15) is 31.9 Å². The number of aliphatic carboxylic acids is 1. The van der Waals surface area contributed by atoms with Gasteiger partial charge >= 0.3 is 11.9 Å². The van der Waals surface area contributed by atoms with E-state index in [0.717, 1.165) is 18.2 Å². The number of thioether (sulfide) groups is 1. The first-order valence-corrected chi connectivity index (χ1v) is 12.0. The molecule has 0 aromatic heterocycles. The first-order chi connectivity index (χ1) is 16.9. The minimum atomic E-state index is -1.10. The van der Waals surface area contributed by atoms with Crippen LogP contribution in [0.3, 0.4) is 0 Å². The van der Waals surface area contributed by atoms with Crippen LogP contribution in [0.5, 0.6) is 11.5 Å². The maximum atomic E-state index is 12.6. The zero-order valence-corrected chi connectivity index (χ0v) is 20.6. The molecule has 0 saturated carbocycles. The van der Waals surface area contributed by atoms with Crippen molar-refractivity contribution in [2.24, 2.45) is 4.99 Å². The number of aliphatic hydroxyl groups excluding tert-OH is 1. The van der Waals surface area contributed by atoms with E-state index in [-0.39, 0.29) is 17.9 Å². The molecule has 1 heterocycles. The van der Waals surface area contributed by atoms with Crippen molar-refractivity contribution in [2.45, 2.75) is 27.2 Å². The van der Waals surface area contributed by atoms with Crippen molar-refractivity contribution in [1.82, 2.24) is 0 Å². The minimum absolute atomic E-state index is 0.00844. The van der Waals surface area contributed by atoms with Crippen LogP contribution >= 0.6 is 11.8 Å². The van der Waals surface area contributed by atoms with Gasteiger partial charge in [0.15, 0.2) is 18.1 Å². The number of ether oxygens (including phenoxy) is 3. The van der Waals surface area contributed by atoms with E-state index >= 15 is 0 Å². The third-order valence-electron chi connectivity index (χ3n) is 4.86. The molecule has 0 fully saturated rings. The lowest BCUT2D eigenvalue weighted by Crippen LogP contribution is -2.12. The molecule has 0 unspecified atom stereocenters. The number of aliphatic hydroxyl groups is 1. The maximum absolute atomic E-state index is 12.6. The number of aliphatic imine (C=N–C) groups is 1. The van der Waals surface area contributed by atoms with Gasteiger partial charge < -0.3 is 24.4 Å². The highest BCUT2D eigenvalue weighted by molar-refractivity contribution is 8.18. The van der Waals surface area contributed by atoms with Gasteiger partial charge in [-0.2, -0.15) is 0 Å². The number of carbonyl (C=O) groups excluding carboxylic acids is 1. The molecule has 3 rings (SSSR count). The van der Waals surface area contributed by atoms with Crippen molar-refractivity contribution in [1.29, 1.82) is 0 Å². The number of carbonyl (C=O) groups is 2. The van der Waals surface area contributed by atoms with Gasteiger partial charge in [-0.1, -0.05) is 36.9 Å². The predicted molar refractivity (Wildman–Crippen MR) is 136 cm³/mol. The Labute approximate surface area is 207 Å². The number of carboxylic acid groups (broad SMARTS) is 1. The fourth-order valence-corrected chi connectivity index (χ4v) is 4.24. The largest absolute Gasteiger partial charge is 0.506 e. The third kappa shape index (κ3) is 6.66. The Morgan fingerprint density at radius 3 is 2.37 bits per heavy atom. The lowest BCUT2D eigenvalue weighted by Gasteiger charge is -2.11. The summed E-state index contributed by atoms with van der Waals surface area (Å²) in [7, 11) is 0. The van der Waals surface area contributed by atoms with E-state index in [1.165, 1.54) is 5.56 Å². The van der Waals surface area contributed by atoms with Crippen molar-refractivity contribution in [3.63, 3.8) is 0 Å². The number of benzene rings is 2. The Kier molecular flexibility index (Phi) is 8.97. The van der Waals surface area contributed by atoms with Crippen molar-refractivity contribution in [2.75, 3.05) is 19.8 Å². The molecule has 8 nitrogen and oxygen atoms in total. The molecule has 1 aliphatic heterocycles. The first kappa shape index (κ1) is 25.9. The van der Waals surface area contributed by atoms with Crippen LogP contribution in [0.25, 0.3) is 6.08 Å². The Bertz CT molecular complexity index is 1180. The van der Waals surface area contributed by atoms with Crippen molar-refractivity contribution >= 4 is 40.5 Å². The first-order valence-electron chi connectivity index (χ1n) is 11.2. The molecule has 9 heteroatoms. The second-order valence-corrected chi connectivity index (χ2v) is 8.34. The van der Waals surface area contributed by atoms with Crippen LogP contribution in [0, 0.1) is 0 Å². The van der Waals surface area contributed by atoms with Gasteiger partial charge in [-0.25, -0.2) is 14.6 Å². The Morgan fingerprint density at radius 2 is 1.74 bits per heavy atom. The molecule has 0 bridgehead atoms. The Morgan fingerprint density at radius 1 is 1.00 bits per heavy atom. The van der Waals surface area contributed by atoms with Gasteiger partial charge in [0.1, 0.15) is 16.4 Å². The summed E-state index contributed by atoms with van der Waals surface area (Å²) < 4.78 is 16.0. The summed E-state index contributed by atoms with van der Waals surface area (Å²) in [6.07, 6.45) is 2.59. The van der Waals surface area contributed by atoms with E-state index in [1.54, 1.807) is 38.1 Å². The number of nitrogens with zero attached hydrogens (tertiary/aromatic N) is 1. The zero-order chi connectivity index (χ0) is 25.4. The van der Waals surface area contributed by atoms with E-state index in [0.29, 0.717) is 39.3 Å². The quantitative estimate of drug-likeness (QED) is 0.425. The van der Waals surface area contributed by atoms with Crippen LogP contribution in [-0.4, -0.2) is 47.0 Å². The summed E-state index contributed by atoms with van der Waals surface area (Å²) in [6, 6.07) is 12.6. The SMILES string of the molecule is CCOC(=O)C1=C(O)/C(=C/c2ccc(OCC(=O)O)c(OCC)c2)SC1=Nc1ccc(CC)cc1. The molecule has 0 spiro atoms. The highest BCUT2D eigenvalue weighted by Gasteiger charge is 2.33. The molecule has 0 saturated heterocycles. The van der Waals surface area contributed by atoms with Crippen molar-refractivity contribution in [3.8, 4) is 11.5 Å². The van der Waals surface area contributed by atoms with Gasteiger partial charge in [-0.3, -0.25) is 0 Å². The molecular formula is C26H27NO7S. The molecule has 0 atom stereocenters. The number of esters is 1. The second kappa shape index (κ2) is 12.1. The van der Waals surface area contributed by atoms with E-state index < -0.39 is 18.5 Å². The molecular weight excluding hydrogens is 470 g/mol. The summed E-state index contributed by atoms with van der Waals surface area (Å²) in [6.45, 7) is 5.57. The van der Waals surface area contributed by atoms with Crippen molar-refractivity contribution < 1.29 is 34.0 Å². The number of carboxylic acids is 1. The molecule has 0 amide bonds. The zero-order valence-electron chi connectivity index (χ0n) is 19.7. The van der Waals surface area contributed by atoms with E-state index in [4.69, 9.17) is 19.3 Å². The summed E-state index contributed by atoms with van der Waals surface area (Å²) in [5, 5.41) is 20.1.